The van der Waals surface area contributed by atoms with Crippen LogP contribution in [0.15, 0.2) is 18.2 Å². The van der Waals surface area contributed by atoms with Crippen LogP contribution in [0, 0.1) is 34.0 Å². The highest BCUT2D eigenvalue weighted by Crippen LogP contribution is 2.45. The van der Waals surface area contributed by atoms with Crippen molar-refractivity contribution in [3.63, 3.8) is 0 Å². The Hall–Kier alpha value is -2.15. The van der Waals surface area contributed by atoms with E-state index in [1.54, 1.807) is 13.8 Å². The van der Waals surface area contributed by atoms with Gasteiger partial charge in [0.15, 0.2) is 23.6 Å². The average molecular weight is 512 g/mol. The molecular weight excluding hydrogens is 458 g/mol. The number of carbonyl (C=O) groups is 2. The number of carbonyl (C=O) groups excluding carboxylic acids is 2. The van der Waals surface area contributed by atoms with Gasteiger partial charge in [0.05, 0.1) is 6.07 Å². The molecule has 0 aliphatic rings. The normalized spacial score (nSPS) is 14.7. The summed E-state index contributed by atoms with van der Waals surface area (Å²) in [7, 11) is 0. The topological polar surface area (TPSA) is 67.2 Å². The zero-order valence-corrected chi connectivity index (χ0v) is 26.0. The van der Waals surface area contributed by atoms with E-state index in [0.29, 0.717) is 12.2 Å². The maximum absolute atomic E-state index is 13.3. The molecule has 208 valence electrons. The first-order chi connectivity index (χ1) is 16.7. The Morgan fingerprint density at radius 3 is 1.89 bits per heavy atom. The fraction of sp³-hybridized carbons (Fsp3) is 0.727. The molecule has 0 heterocycles. The third-order valence-corrected chi connectivity index (χ3v) is 7.56. The van der Waals surface area contributed by atoms with Crippen LogP contribution in [-0.2, 0) is 20.4 Å². The first-order valence-corrected chi connectivity index (χ1v) is 14.0. The highest BCUT2D eigenvalue weighted by atomic mass is 16.5. The van der Waals surface area contributed by atoms with E-state index in [1.807, 2.05) is 19.1 Å². The van der Waals surface area contributed by atoms with Gasteiger partial charge in [-0.15, -0.1) is 0 Å². The van der Waals surface area contributed by atoms with Crippen molar-refractivity contribution in [2.45, 2.75) is 133 Å². The van der Waals surface area contributed by atoms with E-state index in [-0.39, 0.29) is 33.4 Å². The Morgan fingerprint density at radius 1 is 0.892 bits per heavy atom. The largest absolute Gasteiger partial charge is 0.482 e. The third kappa shape index (κ3) is 8.98. The molecule has 1 rings (SSSR count). The second kappa shape index (κ2) is 12.1. The first-order valence-electron chi connectivity index (χ1n) is 14.0. The fourth-order valence-electron chi connectivity index (χ4n) is 5.71. The molecule has 0 amide bonds. The van der Waals surface area contributed by atoms with Gasteiger partial charge >= 0.3 is 0 Å². The molecule has 0 bridgehead atoms. The van der Waals surface area contributed by atoms with Crippen LogP contribution >= 0.6 is 0 Å². The van der Waals surface area contributed by atoms with Crippen LogP contribution in [0.5, 0.6) is 5.75 Å². The van der Waals surface area contributed by atoms with Gasteiger partial charge in [-0.3, -0.25) is 9.59 Å². The maximum atomic E-state index is 13.3. The lowest BCUT2D eigenvalue weighted by Gasteiger charge is -2.38. The summed E-state index contributed by atoms with van der Waals surface area (Å²) in [4.78, 5) is 25.9. The van der Waals surface area contributed by atoms with E-state index in [2.05, 4.69) is 81.4 Å². The number of ether oxygens (including phenoxy) is 1. The number of nitrogens with zero attached hydrogens (tertiary/aromatic N) is 1. The smallest absolute Gasteiger partial charge is 0.197 e. The summed E-state index contributed by atoms with van der Waals surface area (Å²) < 4.78 is 6.41. The van der Waals surface area contributed by atoms with Gasteiger partial charge in [-0.2, -0.15) is 5.26 Å². The van der Waals surface area contributed by atoms with E-state index in [4.69, 9.17) is 4.74 Å². The Kier molecular flexibility index (Phi) is 10.8. The Balaban J connectivity index is 3.62. The van der Waals surface area contributed by atoms with Gasteiger partial charge in [-0.1, -0.05) is 109 Å². The summed E-state index contributed by atoms with van der Waals surface area (Å²) in [5.41, 5.74) is 2.37. The van der Waals surface area contributed by atoms with Gasteiger partial charge in [-0.05, 0) is 52.6 Å². The molecule has 2 unspecified atom stereocenters. The lowest BCUT2D eigenvalue weighted by atomic mass is 9.68. The summed E-state index contributed by atoms with van der Waals surface area (Å²) in [6.45, 7) is 27.9. The zero-order chi connectivity index (χ0) is 29.0. The van der Waals surface area contributed by atoms with Gasteiger partial charge in [-0.25, -0.2) is 0 Å². The predicted octanol–water partition coefficient (Wildman–Crippen LogP) is 8.60. The molecule has 2 atom stereocenters. The standard InChI is InChI=1S/C33H53NO3/c1-14-26(29(36)24(19-34)28(35)22(3)4)37-27-17-16-23(32(10,11)21-31(8,9)15-2)18-25(27)33(12,13)20-30(5,6)7/h16-18,22,24,26H,14-15,20-21H2,1-13H3. The van der Waals surface area contributed by atoms with Crippen LogP contribution in [0.2, 0.25) is 0 Å². The van der Waals surface area contributed by atoms with Crippen LogP contribution in [-0.4, -0.2) is 17.7 Å². The third-order valence-electron chi connectivity index (χ3n) is 7.56. The number of benzene rings is 1. The van der Waals surface area contributed by atoms with E-state index >= 15 is 0 Å². The van der Waals surface area contributed by atoms with E-state index in [1.165, 1.54) is 5.56 Å². The average Bonchev–Trinajstić information content (AvgIpc) is 2.75. The van der Waals surface area contributed by atoms with Crippen molar-refractivity contribution in [1.82, 2.24) is 0 Å². The molecule has 4 nitrogen and oxygen atoms in total. The molecule has 1 aromatic carbocycles. The lowest BCUT2D eigenvalue weighted by molar-refractivity contribution is -0.136. The summed E-state index contributed by atoms with van der Waals surface area (Å²) in [5.74, 6) is -1.82. The Bertz CT molecular complexity index is 986. The Labute approximate surface area is 227 Å². The highest BCUT2D eigenvalue weighted by Gasteiger charge is 2.37. The number of Topliss-reactive ketones (excluding diaryl/α,β-unsaturated/α-hetero) is 2. The number of ketones is 2. The van der Waals surface area contributed by atoms with Crippen LogP contribution in [0.3, 0.4) is 0 Å². The predicted molar refractivity (Wildman–Crippen MR) is 154 cm³/mol. The molecule has 37 heavy (non-hydrogen) atoms. The minimum atomic E-state index is -1.30. The van der Waals surface area contributed by atoms with Crippen molar-refractivity contribution >= 4 is 11.6 Å². The second-order valence-corrected chi connectivity index (χ2v) is 14.4. The first kappa shape index (κ1) is 32.9. The molecule has 0 N–H and O–H groups in total. The second-order valence-electron chi connectivity index (χ2n) is 14.4. The van der Waals surface area contributed by atoms with Crippen LogP contribution < -0.4 is 4.74 Å². The monoisotopic (exact) mass is 511 g/mol. The van der Waals surface area contributed by atoms with E-state index in [0.717, 1.165) is 24.8 Å². The zero-order valence-electron chi connectivity index (χ0n) is 26.0. The van der Waals surface area contributed by atoms with E-state index < -0.39 is 17.8 Å². The lowest BCUT2D eigenvalue weighted by Crippen LogP contribution is -2.38. The molecule has 0 fully saturated rings. The molecule has 0 aliphatic carbocycles. The summed E-state index contributed by atoms with van der Waals surface area (Å²) in [6.07, 6.45) is 2.62. The number of nitriles is 1. The molecule has 0 radical (unpaired) electrons. The number of rotatable bonds is 13. The van der Waals surface area contributed by atoms with Crippen molar-refractivity contribution in [2.75, 3.05) is 0 Å². The Morgan fingerprint density at radius 2 is 1.46 bits per heavy atom. The van der Waals surface area contributed by atoms with Crippen molar-refractivity contribution in [1.29, 1.82) is 5.26 Å². The molecule has 0 aromatic heterocycles. The van der Waals surface area contributed by atoms with Crippen molar-refractivity contribution < 1.29 is 14.3 Å². The number of hydrogen-bond acceptors (Lipinski definition) is 4. The van der Waals surface area contributed by atoms with Gasteiger partial charge in [0.25, 0.3) is 0 Å². The van der Waals surface area contributed by atoms with E-state index in [9.17, 15) is 14.9 Å². The van der Waals surface area contributed by atoms with Crippen molar-refractivity contribution in [3.05, 3.63) is 29.3 Å². The molecule has 0 spiro atoms. The van der Waals surface area contributed by atoms with Crippen LogP contribution in [0.25, 0.3) is 0 Å². The van der Waals surface area contributed by atoms with Gasteiger partial charge < -0.3 is 4.74 Å². The quantitative estimate of drug-likeness (QED) is 0.249. The van der Waals surface area contributed by atoms with Crippen LogP contribution in [0.1, 0.15) is 127 Å². The highest BCUT2D eigenvalue weighted by molar-refractivity contribution is 6.07. The maximum Gasteiger partial charge on any atom is 0.197 e. The summed E-state index contributed by atoms with van der Waals surface area (Å²) in [5, 5.41) is 9.63. The molecule has 1 aromatic rings. The van der Waals surface area contributed by atoms with Crippen molar-refractivity contribution in [2.24, 2.45) is 22.7 Å². The molecular formula is C33H53NO3. The molecule has 0 saturated carbocycles. The van der Waals surface area contributed by atoms with Gasteiger partial charge in [0.1, 0.15) is 5.75 Å². The van der Waals surface area contributed by atoms with Gasteiger partial charge in [0.2, 0.25) is 0 Å². The molecule has 0 saturated heterocycles. The number of hydrogen-bond donors (Lipinski definition) is 0. The summed E-state index contributed by atoms with van der Waals surface area (Å²) in [6, 6.07) is 8.32. The van der Waals surface area contributed by atoms with Crippen LogP contribution in [0.4, 0.5) is 0 Å². The fourth-order valence-corrected chi connectivity index (χ4v) is 5.71. The van der Waals surface area contributed by atoms with Gasteiger partial charge in [0, 0.05) is 11.5 Å². The molecule has 4 heteroatoms. The minimum absolute atomic E-state index is 0.0415. The SMILES string of the molecule is CCC(Oc1ccc(C(C)(C)CC(C)(C)CC)cc1C(C)(C)CC(C)(C)C)C(=O)C(C#N)C(=O)C(C)C. The summed E-state index contributed by atoms with van der Waals surface area (Å²) >= 11 is 0. The molecule has 0 aliphatic heterocycles. The minimum Gasteiger partial charge on any atom is -0.482 e. The van der Waals surface area contributed by atoms with Crippen molar-refractivity contribution in [3.8, 4) is 11.8 Å².